The van der Waals surface area contributed by atoms with Crippen LogP contribution < -0.4 is 9.80 Å². The van der Waals surface area contributed by atoms with E-state index >= 15 is 0 Å². The molecule has 3 aliphatic carbocycles. The van der Waals surface area contributed by atoms with E-state index in [9.17, 15) is 0 Å². The molecule has 0 radical (unpaired) electrons. The van der Waals surface area contributed by atoms with Crippen LogP contribution in [0.3, 0.4) is 0 Å². The zero-order chi connectivity index (χ0) is 49.9. The summed E-state index contributed by atoms with van der Waals surface area (Å²) in [4.78, 5) is 4.95. The summed E-state index contributed by atoms with van der Waals surface area (Å²) in [6.07, 6.45) is 0.947. The summed E-state index contributed by atoms with van der Waals surface area (Å²) in [5, 5.41) is 0. The number of para-hydroxylation sites is 4. The summed E-state index contributed by atoms with van der Waals surface area (Å²) in [5.41, 5.74) is 31.6. The highest BCUT2D eigenvalue weighted by Crippen LogP contribution is 2.65. The van der Waals surface area contributed by atoms with Crippen LogP contribution >= 0.6 is 0 Å². The molecule has 1 aliphatic heterocycles. The Hall–Kier alpha value is -9.76. The molecule has 0 aromatic heterocycles. The molecule has 0 amide bonds. The number of benzene rings is 12. The van der Waals surface area contributed by atoms with Gasteiger partial charge in [-0.1, -0.05) is 224 Å². The highest BCUT2D eigenvalue weighted by Gasteiger charge is 2.51. The first kappa shape index (κ1) is 42.7. The SMILES string of the molecule is c1ccc(-c2ccccc2N(c2ccc3c(c2)-c2ccccc2N(c2ccccc2)c2ccccc2-3)c2ccc3c(c2)-c2ccccc2-c2ccccc2C32c3ccccc3-c3c2ccc2c3-c3ccccc3C2)cc1. The van der Waals surface area contributed by atoms with Gasteiger partial charge in [0.05, 0.1) is 22.5 Å². The standard InChI is InChI=1S/C74H48N2/c1-3-21-48(22-4-1)54-26-13-18-36-69(54)75(52-40-42-58-60-31-14-19-37-70(60)76(51-24-5-2-6-25-51)71-38-20-15-32-61(71)63(58)46-52)53-41-44-67-64(47-53)57-29-10-9-28-56(57)59-30-11-16-34-65(59)74(67)66-35-17-12-33-62(66)73-68(74)43-39-50-45-49-23-7-8-27-55(49)72(50)73/h1-44,46-47H,45H2. The van der Waals surface area contributed by atoms with Gasteiger partial charge in [-0.2, -0.15) is 0 Å². The number of hydrogen-bond acceptors (Lipinski definition) is 2. The van der Waals surface area contributed by atoms with Crippen molar-refractivity contribution in [2.24, 2.45) is 0 Å². The molecular weight excluding hydrogens is 917 g/mol. The zero-order valence-electron chi connectivity index (χ0n) is 41.7. The Kier molecular flexibility index (Phi) is 9.35. The zero-order valence-corrected chi connectivity index (χ0v) is 41.7. The van der Waals surface area contributed by atoms with Gasteiger partial charge in [0.15, 0.2) is 0 Å². The average Bonchev–Trinajstić information content (AvgIpc) is 4.13. The lowest BCUT2D eigenvalue weighted by atomic mass is 9.65. The van der Waals surface area contributed by atoms with Crippen LogP contribution in [0.5, 0.6) is 0 Å². The van der Waals surface area contributed by atoms with Crippen LogP contribution in [0.15, 0.2) is 279 Å². The van der Waals surface area contributed by atoms with E-state index in [0.717, 1.165) is 46.1 Å². The largest absolute Gasteiger partial charge is 0.310 e. The van der Waals surface area contributed by atoms with Crippen molar-refractivity contribution in [3.63, 3.8) is 0 Å². The van der Waals surface area contributed by atoms with Crippen LogP contribution in [0.25, 0.3) is 77.9 Å². The van der Waals surface area contributed by atoms with Gasteiger partial charge in [0.1, 0.15) is 0 Å². The van der Waals surface area contributed by atoms with E-state index in [4.69, 9.17) is 0 Å². The molecule has 1 unspecified atom stereocenters. The molecule has 12 aromatic rings. The quantitative estimate of drug-likeness (QED) is 0.170. The van der Waals surface area contributed by atoms with Gasteiger partial charge in [-0.05, 0) is 156 Å². The van der Waals surface area contributed by atoms with E-state index in [0.29, 0.717) is 0 Å². The van der Waals surface area contributed by atoms with Crippen molar-refractivity contribution in [3.05, 3.63) is 312 Å². The topological polar surface area (TPSA) is 6.48 Å². The van der Waals surface area contributed by atoms with Gasteiger partial charge in [0.25, 0.3) is 0 Å². The van der Waals surface area contributed by atoms with E-state index < -0.39 is 5.41 Å². The lowest BCUT2D eigenvalue weighted by Gasteiger charge is -2.36. The van der Waals surface area contributed by atoms with Crippen LogP contribution in [-0.2, 0) is 11.8 Å². The maximum Gasteiger partial charge on any atom is 0.0725 e. The van der Waals surface area contributed by atoms with Crippen LogP contribution in [0, 0.1) is 0 Å². The van der Waals surface area contributed by atoms with Gasteiger partial charge in [0, 0.05) is 33.8 Å². The van der Waals surface area contributed by atoms with Crippen molar-refractivity contribution in [1.29, 1.82) is 0 Å². The van der Waals surface area contributed by atoms with Crippen molar-refractivity contribution in [3.8, 4) is 77.9 Å². The molecule has 4 aliphatic rings. The molecule has 0 bridgehead atoms. The Morgan fingerprint density at radius 2 is 0.776 bits per heavy atom. The summed E-state index contributed by atoms with van der Waals surface area (Å²) < 4.78 is 0. The number of anilines is 6. The van der Waals surface area contributed by atoms with Crippen molar-refractivity contribution in [2.75, 3.05) is 9.80 Å². The second-order valence-corrected chi connectivity index (χ2v) is 20.6. The van der Waals surface area contributed by atoms with Gasteiger partial charge < -0.3 is 9.80 Å². The maximum absolute atomic E-state index is 2.52. The number of fused-ring (bicyclic) bond motifs is 21. The van der Waals surface area contributed by atoms with Gasteiger partial charge in [-0.25, -0.2) is 0 Å². The first-order valence-electron chi connectivity index (χ1n) is 26.5. The molecule has 1 atom stereocenters. The first-order chi connectivity index (χ1) is 37.7. The van der Waals surface area contributed by atoms with Gasteiger partial charge in [-0.3, -0.25) is 0 Å². The van der Waals surface area contributed by atoms with Crippen molar-refractivity contribution in [2.45, 2.75) is 11.8 Å². The number of hydrogen-bond donors (Lipinski definition) is 0. The molecule has 2 heteroatoms. The fourth-order valence-corrected chi connectivity index (χ4v) is 13.8. The second kappa shape index (κ2) is 16.6. The molecule has 1 heterocycles. The summed E-state index contributed by atoms with van der Waals surface area (Å²) in [7, 11) is 0. The van der Waals surface area contributed by atoms with E-state index in [1.54, 1.807) is 0 Å². The molecule has 0 N–H and O–H groups in total. The smallest absolute Gasteiger partial charge is 0.0725 e. The average molecular weight is 965 g/mol. The van der Waals surface area contributed by atoms with Crippen LogP contribution in [-0.4, -0.2) is 0 Å². The monoisotopic (exact) mass is 964 g/mol. The predicted octanol–water partition coefficient (Wildman–Crippen LogP) is 19.5. The predicted molar refractivity (Wildman–Crippen MR) is 316 cm³/mol. The van der Waals surface area contributed by atoms with E-state index in [-0.39, 0.29) is 0 Å². The lowest BCUT2D eigenvalue weighted by molar-refractivity contribution is 0.775. The van der Waals surface area contributed by atoms with Crippen molar-refractivity contribution in [1.82, 2.24) is 0 Å². The summed E-state index contributed by atoms with van der Waals surface area (Å²) in [6.45, 7) is 0. The number of nitrogens with zero attached hydrogens (tertiary/aromatic N) is 2. The van der Waals surface area contributed by atoms with E-state index in [1.165, 1.54) is 106 Å². The number of rotatable bonds is 5. The molecular formula is C74H48N2. The normalized spacial score (nSPS) is 14.6. The van der Waals surface area contributed by atoms with Crippen molar-refractivity contribution < 1.29 is 0 Å². The summed E-state index contributed by atoms with van der Waals surface area (Å²) in [5.74, 6) is 0. The third kappa shape index (κ3) is 6.04. The Bertz CT molecular complexity index is 4340. The Balaban J connectivity index is 0.985. The Morgan fingerprint density at radius 1 is 0.289 bits per heavy atom. The molecule has 0 fully saturated rings. The minimum Gasteiger partial charge on any atom is -0.310 e. The summed E-state index contributed by atoms with van der Waals surface area (Å²) in [6, 6.07) is 105. The van der Waals surface area contributed by atoms with Crippen LogP contribution in [0.4, 0.5) is 34.1 Å². The molecule has 1 spiro atoms. The van der Waals surface area contributed by atoms with E-state index in [1.807, 2.05) is 0 Å². The maximum atomic E-state index is 2.52. The third-order valence-electron chi connectivity index (χ3n) is 16.8. The highest BCUT2D eigenvalue weighted by molar-refractivity contribution is 6.06. The van der Waals surface area contributed by atoms with Gasteiger partial charge in [-0.15, -0.1) is 0 Å². The molecule has 354 valence electrons. The van der Waals surface area contributed by atoms with Crippen LogP contribution in [0.1, 0.15) is 33.4 Å². The molecule has 12 aromatic carbocycles. The molecule has 0 saturated heterocycles. The second-order valence-electron chi connectivity index (χ2n) is 20.6. The molecule has 76 heavy (non-hydrogen) atoms. The van der Waals surface area contributed by atoms with Gasteiger partial charge >= 0.3 is 0 Å². The van der Waals surface area contributed by atoms with Gasteiger partial charge in [0.2, 0.25) is 0 Å². The summed E-state index contributed by atoms with van der Waals surface area (Å²) >= 11 is 0. The Labute approximate surface area is 443 Å². The van der Waals surface area contributed by atoms with E-state index in [2.05, 4.69) is 289 Å². The molecule has 2 nitrogen and oxygen atoms in total. The molecule has 16 rings (SSSR count). The minimum atomic E-state index is -0.624. The van der Waals surface area contributed by atoms with Crippen LogP contribution in [0.2, 0.25) is 0 Å². The van der Waals surface area contributed by atoms with Crippen molar-refractivity contribution >= 4 is 34.1 Å². The fraction of sp³-hybridized carbons (Fsp3) is 0.0270. The fourth-order valence-electron chi connectivity index (χ4n) is 13.8. The first-order valence-corrected chi connectivity index (χ1v) is 26.5. The minimum absolute atomic E-state index is 0.624. The molecule has 0 saturated carbocycles. The highest BCUT2D eigenvalue weighted by atomic mass is 15.2. The Morgan fingerprint density at radius 3 is 1.51 bits per heavy atom. The third-order valence-corrected chi connectivity index (χ3v) is 16.8. The lowest BCUT2D eigenvalue weighted by Crippen LogP contribution is -2.29.